The lowest BCUT2D eigenvalue weighted by atomic mass is 10.3. The van der Waals surface area contributed by atoms with Gasteiger partial charge in [0.1, 0.15) is 11.5 Å². The summed E-state index contributed by atoms with van der Waals surface area (Å²) in [6.07, 6.45) is -0.0841. The van der Waals surface area contributed by atoms with Crippen LogP contribution in [0.5, 0.6) is 11.5 Å². The second-order valence-electron chi connectivity index (χ2n) is 6.58. The van der Waals surface area contributed by atoms with Gasteiger partial charge in [-0.15, -0.1) is 0 Å². The van der Waals surface area contributed by atoms with Gasteiger partial charge < -0.3 is 19.7 Å². The third-order valence-corrected chi connectivity index (χ3v) is 5.71. The van der Waals surface area contributed by atoms with Crippen LogP contribution < -0.4 is 19.5 Å². The summed E-state index contributed by atoms with van der Waals surface area (Å²) in [6.45, 7) is 2.07. The van der Waals surface area contributed by atoms with E-state index in [1.54, 1.807) is 36.4 Å². The number of nitrogens with zero attached hydrogens (tertiary/aromatic N) is 1. The molecule has 2 amide bonds. The number of amides is 2. The lowest BCUT2D eigenvalue weighted by molar-refractivity contribution is -0.133. The van der Waals surface area contributed by atoms with Gasteiger partial charge in [0.05, 0.1) is 25.2 Å². The zero-order valence-corrected chi connectivity index (χ0v) is 18.6. The molecule has 0 atom stereocenters. The van der Waals surface area contributed by atoms with Crippen LogP contribution in [0.15, 0.2) is 53.4 Å². The number of methoxy groups -OCH3 is 1. The Morgan fingerprint density at radius 3 is 2.42 bits per heavy atom. The molecule has 0 saturated heterocycles. The maximum Gasteiger partial charge on any atom is 0.243 e. The number of ether oxygens (including phenoxy) is 2. The summed E-state index contributed by atoms with van der Waals surface area (Å²) in [5, 5.41) is 2.68. The van der Waals surface area contributed by atoms with Crippen LogP contribution in [-0.4, -0.2) is 59.0 Å². The molecular formula is C21H27N3O6S. The minimum Gasteiger partial charge on any atom is -0.497 e. The lowest BCUT2D eigenvalue weighted by Gasteiger charge is -2.17. The molecule has 2 N–H and O–H groups in total. The number of carbonyl (C=O) groups is 2. The molecule has 31 heavy (non-hydrogen) atoms. The van der Waals surface area contributed by atoms with Gasteiger partial charge in [0.2, 0.25) is 21.8 Å². The summed E-state index contributed by atoms with van der Waals surface area (Å²) in [6, 6.07) is 12.9. The first kappa shape index (κ1) is 24.2. The molecule has 0 bridgehead atoms. The molecule has 0 spiro atoms. The van der Waals surface area contributed by atoms with Gasteiger partial charge in [0.25, 0.3) is 0 Å². The summed E-state index contributed by atoms with van der Waals surface area (Å²) >= 11 is 0. The minimum absolute atomic E-state index is 0.0782. The number of benzene rings is 2. The highest BCUT2D eigenvalue weighted by atomic mass is 32.2. The van der Waals surface area contributed by atoms with Crippen molar-refractivity contribution in [1.82, 2.24) is 9.62 Å². The summed E-state index contributed by atoms with van der Waals surface area (Å²) < 4.78 is 37.4. The Labute approximate surface area is 182 Å². The molecule has 0 fully saturated rings. The Morgan fingerprint density at radius 2 is 1.77 bits per heavy atom. The Morgan fingerprint density at radius 1 is 1.06 bits per heavy atom. The van der Waals surface area contributed by atoms with Gasteiger partial charge in [-0.25, -0.2) is 13.1 Å². The van der Waals surface area contributed by atoms with Crippen molar-refractivity contribution in [2.24, 2.45) is 0 Å². The van der Waals surface area contributed by atoms with Crippen molar-refractivity contribution >= 4 is 27.5 Å². The number of hydrogen-bond donors (Lipinski definition) is 2. The summed E-state index contributed by atoms with van der Waals surface area (Å²) in [7, 11) is -0.745. The number of likely N-dealkylation sites (N-methyl/N-ethyl adjacent to an activating group) is 1. The highest BCUT2D eigenvalue weighted by Gasteiger charge is 2.17. The highest BCUT2D eigenvalue weighted by Crippen LogP contribution is 2.17. The predicted molar refractivity (Wildman–Crippen MR) is 117 cm³/mol. The molecule has 10 heteroatoms. The first-order valence-electron chi connectivity index (χ1n) is 9.65. The van der Waals surface area contributed by atoms with E-state index in [1.807, 2.05) is 6.92 Å². The average Bonchev–Trinajstić information content (AvgIpc) is 2.74. The molecule has 0 aliphatic carbocycles. The quantitative estimate of drug-likeness (QED) is 0.541. The zero-order chi connectivity index (χ0) is 22.9. The molecule has 0 heterocycles. The Kier molecular flexibility index (Phi) is 8.83. The monoisotopic (exact) mass is 449 g/mol. The van der Waals surface area contributed by atoms with Crippen molar-refractivity contribution in [2.45, 2.75) is 18.2 Å². The second kappa shape index (κ2) is 11.3. The molecule has 2 aromatic carbocycles. The van der Waals surface area contributed by atoms with Crippen LogP contribution in [0.4, 0.5) is 5.69 Å². The number of rotatable bonds is 11. The maximum atomic E-state index is 12.3. The maximum absolute atomic E-state index is 12.3. The van der Waals surface area contributed by atoms with Gasteiger partial charge in [-0.05, 0) is 43.3 Å². The van der Waals surface area contributed by atoms with E-state index in [0.717, 1.165) is 0 Å². The van der Waals surface area contributed by atoms with E-state index in [0.29, 0.717) is 23.8 Å². The van der Waals surface area contributed by atoms with E-state index in [4.69, 9.17) is 9.47 Å². The summed E-state index contributed by atoms with van der Waals surface area (Å²) in [5.41, 5.74) is 0.549. The lowest BCUT2D eigenvalue weighted by Crippen LogP contribution is -2.37. The normalized spacial score (nSPS) is 10.9. The van der Waals surface area contributed by atoms with Crippen molar-refractivity contribution in [2.75, 3.05) is 39.2 Å². The van der Waals surface area contributed by atoms with Crippen molar-refractivity contribution in [1.29, 1.82) is 0 Å². The molecule has 0 saturated carbocycles. The molecule has 0 aromatic heterocycles. The molecule has 0 aliphatic heterocycles. The molecule has 2 aromatic rings. The van der Waals surface area contributed by atoms with E-state index >= 15 is 0 Å². The third-order valence-electron chi connectivity index (χ3n) is 4.24. The Balaban J connectivity index is 1.80. The standard InChI is InChI=1S/C21H27N3O6S/c1-4-30-17-8-10-19(11-9-17)31(27,28)22-13-12-21(26)24(2)15-20(25)23-16-6-5-7-18(14-16)29-3/h5-11,14,22H,4,12-13,15H2,1-3H3,(H,23,25). The summed E-state index contributed by atoms with van der Waals surface area (Å²) in [5.74, 6) is 0.432. The molecular weight excluding hydrogens is 422 g/mol. The van der Waals surface area contributed by atoms with Crippen LogP contribution in [0, 0.1) is 0 Å². The average molecular weight is 450 g/mol. The van der Waals surface area contributed by atoms with Crippen molar-refractivity contribution in [3.63, 3.8) is 0 Å². The number of sulfonamides is 1. The van der Waals surface area contributed by atoms with E-state index in [2.05, 4.69) is 10.0 Å². The zero-order valence-electron chi connectivity index (χ0n) is 17.8. The van der Waals surface area contributed by atoms with E-state index in [9.17, 15) is 18.0 Å². The summed E-state index contributed by atoms with van der Waals surface area (Å²) in [4.78, 5) is 25.7. The number of hydrogen-bond acceptors (Lipinski definition) is 6. The number of anilines is 1. The van der Waals surface area contributed by atoms with E-state index in [1.165, 1.54) is 31.2 Å². The van der Waals surface area contributed by atoms with E-state index < -0.39 is 10.0 Å². The van der Waals surface area contributed by atoms with Gasteiger partial charge in [-0.2, -0.15) is 0 Å². The Hall–Kier alpha value is -3.11. The van der Waals surface area contributed by atoms with E-state index in [-0.39, 0.29) is 36.2 Å². The van der Waals surface area contributed by atoms with Gasteiger partial charge >= 0.3 is 0 Å². The van der Waals surface area contributed by atoms with Crippen LogP contribution in [0.1, 0.15) is 13.3 Å². The highest BCUT2D eigenvalue weighted by molar-refractivity contribution is 7.89. The number of nitrogens with one attached hydrogen (secondary N) is 2. The fraction of sp³-hybridized carbons (Fsp3) is 0.333. The fourth-order valence-electron chi connectivity index (χ4n) is 2.65. The van der Waals surface area contributed by atoms with Gasteiger partial charge in [-0.1, -0.05) is 6.07 Å². The topological polar surface area (TPSA) is 114 Å². The van der Waals surface area contributed by atoms with Gasteiger partial charge in [0, 0.05) is 31.8 Å². The van der Waals surface area contributed by atoms with Crippen LogP contribution in [0.2, 0.25) is 0 Å². The van der Waals surface area contributed by atoms with Gasteiger partial charge in [-0.3, -0.25) is 9.59 Å². The van der Waals surface area contributed by atoms with Crippen molar-refractivity contribution < 1.29 is 27.5 Å². The van der Waals surface area contributed by atoms with Crippen LogP contribution in [0.3, 0.4) is 0 Å². The van der Waals surface area contributed by atoms with Crippen LogP contribution >= 0.6 is 0 Å². The van der Waals surface area contributed by atoms with Crippen LogP contribution in [-0.2, 0) is 19.6 Å². The minimum atomic E-state index is -3.75. The fourth-order valence-corrected chi connectivity index (χ4v) is 3.68. The van der Waals surface area contributed by atoms with Crippen molar-refractivity contribution in [3.8, 4) is 11.5 Å². The van der Waals surface area contributed by atoms with Crippen LogP contribution in [0.25, 0.3) is 0 Å². The smallest absolute Gasteiger partial charge is 0.243 e. The van der Waals surface area contributed by atoms with Crippen molar-refractivity contribution in [3.05, 3.63) is 48.5 Å². The third kappa shape index (κ3) is 7.58. The molecule has 0 unspecified atom stereocenters. The molecule has 0 aliphatic rings. The molecule has 0 radical (unpaired) electrons. The SMILES string of the molecule is CCOc1ccc(S(=O)(=O)NCCC(=O)N(C)CC(=O)Nc2cccc(OC)c2)cc1. The number of carbonyl (C=O) groups excluding carboxylic acids is 2. The molecule has 2 rings (SSSR count). The van der Waals surface area contributed by atoms with Gasteiger partial charge in [0.15, 0.2) is 0 Å². The molecule has 168 valence electrons. The first-order valence-corrected chi connectivity index (χ1v) is 11.1. The largest absolute Gasteiger partial charge is 0.497 e. The Bertz CT molecular complexity index is 992. The molecule has 9 nitrogen and oxygen atoms in total. The predicted octanol–water partition coefficient (Wildman–Crippen LogP) is 1.86. The second-order valence-corrected chi connectivity index (χ2v) is 8.35. The first-order chi connectivity index (χ1) is 14.7.